The maximum atomic E-state index is 10.6. The van der Waals surface area contributed by atoms with Crippen molar-refractivity contribution in [2.45, 2.75) is 51.9 Å². The highest BCUT2D eigenvalue weighted by atomic mass is 127. The number of hydrogen-bond acceptors (Lipinski definition) is 4. The summed E-state index contributed by atoms with van der Waals surface area (Å²) in [7, 11) is 1.75. The van der Waals surface area contributed by atoms with Crippen LogP contribution in [0.2, 0.25) is 0 Å². The molecule has 6 nitrogen and oxygen atoms in total. The van der Waals surface area contributed by atoms with E-state index in [0.717, 1.165) is 18.8 Å². The van der Waals surface area contributed by atoms with Crippen LogP contribution in [0.4, 0.5) is 0 Å². The Labute approximate surface area is 166 Å². The molecule has 1 aliphatic carbocycles. The Morgan fingerprint density at radius 3 is 2.76 bits per heavy atom. The zero-order valence-electron chi connectivity index (χ0n) is 15.6. The second-order valence-corrected chi connectivity index (χ2v) is 7.80. The van der Waals surface area contributed by atoms with Gasteiger partial charge in [0, 0.05) is 31.0 Å². The maximum absolute atomic E-state index is 10.6. The number of nitrogens with one attached hydrogen (secondary N) is 2. The van der Waals surface area contributed by atoms with E-state index in [4.69, 9.17) is 9.15 Å². The van der Waals surface area contributed by atoms with Crippen LogP contribution in [0.15, 0.2) is 21.5 Å². The predicted molar refractivity (Wildman–Crippen MR) is 108 cm³/mol. The molecule has 0 aromatic carbocycles. The molecule has 142 valence electrons. The Morgan fingerprint density at radius 2 is 2.16 bits per heavy atom. The SMILES string of the molecule is CN=C(NCC(C)(O)c1ccc(C)o1)NC1C2CCOC2C1(C)C.I. The topological polar surface area (TPSA) is 79.0 Å². The van der Waals surface area contributed by atoms with Crippen molar-refractivity contribution >= 4 is 29.9 Å². The van der Waals surface area contributed by atoms with Crippen LogP contribution in [0.25, 0.3) is 0 Å². The number of aliphatic hydroxyl groups is 1. The standard InChI is InChI=1S/C18H29N3O3.HI/c1-11-6-7-13(24-11)18(4,22)10-20-16(19-5)21-14-12-8-9-23-15(12)17(14,2)3;/h6-7,12,14-15,22H,8-10H2,1-5H3,(H2,19,20,21);1H. The van der Waals surface area contributed by atoms with Crippen molar-refractivity contribution in [3.63, 3.8) is 0 Å². The van der Waals surface area contributed by atoms with Gasteiger partial charge in [-0.2, -0.15) is 0 Å². The van der Waals surface area contributed by atoms with Crippen LogP contribution in [0.5, 0.6) is 0 Å². The normalized spacial score (nSPS) is 29.8. The average molecular weight is 463 g/mol. The number of hydrogen-bond donors (Lipinski definition) is 3. The van der Waals surface area contributed by atoms with Gasteiger partial charge < -0.3 is 24.9 Å². The lowest BCUT2D eigenvalue weighted by Crippen LogP contribution is -2.68. The minimum atomic E-state index is -1.10. The number of rotatable bonds is 4. The van der Waals surface area contributed by atoms with Crippen molar-refractivity contribution in [3.8, 4) is 0 Å². The molecule has 0 spiro atoms. The Hall–Kier alpha value is -0.800. The molecule has 0 bridgehead atoms. The molecular formula is C18H30IN3O3. The van der Waals surface area contributed by atoms with Crippen molar-refractivity contribution in [1.29, 1.82) is 0 Å². The number of aryl methyl sites for hydroxylation is 1. The fourth-order valence-corrected chi connectivity index (χ4v) is 4.03. The number of nitrogens with zero attached hydrogens (tertiary/aromatic N) is 1. The number of aliphatic imine (C=N–C) groups is 1. The number of halogens is 1. The van der Waals surface area contributed by atoms with Gasteiger partial charge in [0.05, 0.1) is 12.6 Å². The van der Waals surface area contributed by atoms with Gasteiger partial charge in [-0.15, -0.1) is 24.0 Å². The van der Waals surface area contributed by atoms with Gasteiger partial charge in [-0.1, -0.05) is 13.8 Å². The highest BCUT2D eigenvalue weighted by Gasteiger charge is 2.59. The van der Waals surface area contributed by atoms with Crippen molar-refractivity contribution in [1.82, 2.24) is 10.6 Å². The first-order valence-corrected chi connectivity index (χ1v) is 8.64. The smallest absolute Gasteiger partial charge is 0.191 e. The second kappa shape index (κ2) is 7.44. The summed E-state index contributed by atoms with van der Waals surface area (Å²) in [5.41, 5.74) is -1.01. The third-order valence-corrected chi connectivity index (χ3v) is 5.49. The summed E-state index contributed by atoms with van der Waals surface area (Å²) >= 11 is 0. The van der Waals surface area contributed by atoms with Gasteiger partial charge in [0.1, 0.15) is 17.1 Å². The molecule has 1 aliphatic heterocycles. The summed E-state index contributed by atoms with van der Waals surface area (Å²) in [6, 6.07) is 3.99. The third-order valence-electron chi connectivity index (χ3n) is 5.49. The van der Waals surface area contributed by atoms with E-state index < -0.39 is 5.60 Å². The van der Waals surface area contributed by atoms with E-state index >= 15 is 0 Å². The predicted octanol–water partition coefficient (Wildman–Crippen LogP) is 2.39. The molecule has 4 atom stereocenters. The highest BCUT2D eigenvalue weighted by molar-refractivity contribution is 14.0. The van der Waals surface area contributed by atoms with E-state index in [0.29, 0.717) is 36.3 Å². The van der Waals surface area contributed by atoms with Crippen molar-refractivity contribution in [3.05, 3.63) is 23.7 Å². The molecule has 2 fully saturated rings. The Balaban J connectivity index is 0.00000225. The Morgan fingerprint density at radius 1 is 1.44 bits per heavy atom. The van der Waals surface area contributed by atoms with Crippen LogP contribution in [-0.2, 0) is 10.3 Å². The quantitative estimate of drug-likeness (QED) is 0.363. The molecule has 1 aromatic rings. The van der Waals surface area contributed by atoms with Crippen LogP contribution in [0, 0.1) is 18.3 Å². The van der Waals surface area contributed by atoms with Crippen molar-refractivity contribution in [2.75, 3.05) is 20.2 Å². The molecule has 25 heavy (non-hydrogen) atoms. The first-order valence-electron chi connectivity index (χ1n) is 8.64. The van der Waals surface area contributed by atoms with E-state index in [-0.39, 0.29) is 29.4 Å². The van der Waals surface area contributed by atoms with Gasteiger partial charge in [0.2, 0.25) is 0 Å². The minimum absolute atomic E-state index is 0. The monoisotopic (exact) mass is 463 g/mol. The molecule has 3 N–H and O–H groups in total. The van der Waals surface area contributed by atoms with Crippen molar-refractivity contribution < 1.29 is 14.3 Å². The number of ether oxygens (including phenoxy) is 1. The Bertz CT molecular complexity index is 627. The van der Waals surface area contributed by atoms with Crippen LogP contribution in [-0.4, -0.2) is 43.4 Å². The molecule has 1 aromatic heterocycles. The summed E-state index contributed by atoms with van der Waals surface area (Å²) < 4.78 is 11.4. The summed E-state index contributed by atoms with van der Waals surface area (Å²) in [5, 5.41) is 17.4. The minimum Gasteiger partial charge on any atom is -0.463 e. The van der Waals surface area contributed by atoms with Crippen LogP contribution < -0.4 is 10.6 Å². The van der Waals surface area contributed by atoms with Gasteiger partial charge in [-0.05, 0) is 32.4 Å². The molecule has 1 saturated heterocycles. The largest absolute Gasteiger partial charge is 0.463 e. The van der Waals surface area contributed by atoms with Gasteiger partial charge in [-0.3, -0.25) is 4.99 Å². The third kappa shape index (κ3) is 3.83. The fraction of sp³-hybridized carbons (Fsp3) is 0.722. The molecule has 2 heterocycles. The van der Waals surface area contributed by atoms with Crippen LogP contribution in [0.1, 0.15) is 38.7 Å². The molecule has 0 radical (unpaired) electrons. The zero-order chi connectivity index (χ0) is 17.5. The van der Waals surface area contributed by atoms with Gasteiger partial charge in [0.25, 0.3) is 0 Å². The number of fused-ring (bicyclic) bond motifs is 1. The number of furan rings is 1. The lowest BCUT2D eigenvalue weighted by atomic mass is 9.57. The molecule has 0 amide bonds. The van der Waals surface area contributed by atoms with Gasteiger partial charge in [0.15, 0.2) is 5.96 Å². The average Bonchev–Trinajstić information content (AvgIpc) is 3.15. The van der Waals surface area contributed by atoms with Crippen molar-refractivity contribution in [2.24, 2.45) is 16.3 Å². The van der Waals surface area contributed by atoms with E-state index in [9.17, 15) is 5.11 Å². The molecule has 4 unspecified atom stereocenters. The highest BCUT2D eigenvalue weighted by Crippen LogP contribution is 2.52. The first-order chi connectivity index (χ1) is 11.3. The molecule has 7 heteroatoms. The van der Waals surface area contributed by atoms with Gasteiger partial charge >= 0.3 is 0 Å². The summed E-state index contributed by atoms with van der Waals surface area (Å²) in [6.07, 6.45) is 1.42. The lowest BCUT2D eigenvalue weighted by Gasteiger charge is -2.55. The fourth-order valence-electron chi connectivity index (χ4n) is 4.03. The Kier molecular flexibility index (Phi) is 6.10. The molecule has 1 saturated carbocycles. The van der Waals surface area contributed by atoms with E-state index in [1.54, 1.807) is 14.0 Å². The van der Waals surface area contributed by atoms with E-state index in [2.05, 4.69) is 29.5 Å². The molecule has 3 rings (SSSR count). The molecule has 2 aliphatic rings. The van der Waals surface area contributed by atoms with Gasteiger partial charge in [-0.25, -0.2) is 0 Å². The summed E-state index contributed by atoms with van der Waals surface area (Å²) in [5.74, 6) is 2.57. The number of guanidine groups is 1. The summed E-state index contributed by atoms with van der Waals surface area (Å²) in [4.78, 5) is 4.30. The first kappa shape index (κ1) is 20.5. The van der Waals surface area contributed by atoms with Crippen LogP contribution >= 0.6 is 24.0 Å². The second-order valence-electron chi connectivity index (χ2n) is 7.80. The summed E-state index contributed by atoms with van der Waals surface area (Å²) in [6.45, 7) is 9.22. The van der Waals surface area contributed by atoms with E-state index in [1.807, 2.05) is 19.1 Å². The molecular weight excluding hydrogens is 433 g/mol. The zero-order valence-corrected chi connectivity index (χ0v) is 18.0. The van der Waals surface area contributed by atoms with Crippen LogP contribution in [0.3, 0.4) is 0 Å². The maximum Gasteiger partial charge on any atom is 0.191 e. The lowest BCUT2D eigenvalue weighted by molar-refractivity contribution is -0.106. The van der Waals surface area contributed by atoms with E-state index in [1.165, 1.54) is 0 Å².